The first-order chi connectivity index (χ1) is 7.49. The number of anilines is 1. The molecular weight excluding hydrogens is 210 g/mol. The largest absolute Gasteiger partial charge is 0.480 e. The molecule has 0 aromatic carbocycles. The first-order valence-electron chi connectivity index (χ1n) is 4.71. The number of carbonyl (C=O) groups is 2. The van der Waals surface area contributed by atoms with Crippen LogP contribution in [0.1, 0.15) is 12.6 Å². The molecule has 16 heavy (non-hydrogen) atoms. The lowest BCUT2D eigenvalue weighted by atomic mass is 10.2. The number of hydrogen-bond acceptors (Lipinski definition) is 4. The molecule has 6 heteroatoms. The van der Waals surface area contributed by atoms with Gasteiger partial charge in [-0.3, -0.25) is 14.6 Å². The Morgan fingerprint density at radius 1 is 1.56 bits per heavy atom. The van der Waals surface area contributed by atoms with Crippen LogP contribution in [0, 0.1) is 0 Å². The number of pyridine rings is 1. The monoisotopic (exact) mass is 223 g/mol. The van der Waals surface area contributed by atoms with Crippen molar-refractivity contribution in [2.24, 2.45) is 0 Å². The van der Waals surface area contributed by atoms with Crippen LogP contribution in [0.5, 0.6) is 0 Å². The van der Waals surface area contributed by atoms with E-state index >= 15 is 0 Å². The van der Waals surface area contributed by atoms with Gasteiger partial charge in [0.2, 0.25) is 5.91 Å². The number of carbonyl (C=O) groups excluding carboxylic acids is 1. The van der Waals surface area contributed by atoms with Crippen LogP contribution in [-0.2, 0) is 16.0 Å². The van der Waals surface area contributed by atoms with E-state index in [0.29, 0.717) is 11.4 Å². The van der Waals surface area contributed by atoms with Crippen molar-refractivity contribution in [3.8, 4) is 0 Å². The predicted octanol–water partition coefficient (Wildman–Crippen LogP) is -0.204. The molecule has 0 aliphatic rings. The Labute approximate surface area is 92.5 Å². The smallest absolute Gasteiger partial charge is 0.325 e. The van der Waals surface area contributed by atoms with Crippen molar-refractivity contribution in [2.45, 2.75) is 19.4 Å². The van der Waals surface area contributed by atoms with E-state index in [0.717, 1.165) is 0 Å². The highest BCUT2D eigenvalue weighted by atomic mass is 16.4. The number of nitrogens with one attached hydrogen (secondary N) is 1. The molecule has 0 aliphatic carbocycles. The quantitative estimate of drug-likeness (QED) is 0.655. The molecular formula is C10H13N3O3. The van der Waals surface area contributed by atoms with E-state index in [-0.39, 0.29) is 12.3 Å². The van der Waals surface area contributed by atoms with Gasteiger partial charge in [0.25, 0.3) is 0 Å². The van der Waals surface area contributed by atoms with Crippen LogP contribution >= 0.6 is 0 Å². The maximum Gasteiger partial charge on any atom is 0.325 e. The Morgan fingerprint density at radius 3 is 2.75 bits per heavy atom. The molecule has 0 aliphatic heterocycles. The molecule has 1 heterocycles. The van der Waals surface area contributed by atoms with Gasteiger partial charge in [0.15, 0.2) is 0 Å². The molecule has 6 nitrogen and oxygen atoms in total. The van der Waals surface area contributed by atoms with E-state index in [1.54, 1.807) is 12.1 Å². The third kappa shape index (κ3) is 3.56. The molecule has 0 unspecified atom stereocenters. The Balaban J connectivity index is 2.52. The van der Waals surface area contributed by atoms with Crippen LogP contribution in [0.25, 0.3) is 0 Å². The molecule has 0 saturated carbocycles. The topological polar surface area (TPSA) is 105 Å². The predicted molar refractivity (Wildman–Crippen MR) is 57.6 cm³/mol. The van der Waals surface area contributed by atoms with Gasteiger partial charge in [-0.1, -0.05) is 0 Å². The number of hydrogen-bond donors (Lipinski definition) is 3. The second-order valence-electron chi connectivity index (χ2n) is 3.39. The molecule has 1 rings (SSSR count). The summed E-state index contributed by atoms with van der Waals surface area (Å²) in [5.74, 6) is -1.45. The van der Waals surface area contributed by atoms with Crippen molar-refractivity contribution >= 4 is 17.6 Å². The maximum atomic E-state index is 11.4. The number of nitrogen functional groups attached to an aromatic ring is 1. The Bertz CT molecular complexity index is 389. The molecule has 0 saturated heterocycles. The summed E-state index contributed by atoms with van der Waals surface area (Å²) in [7, 11) is 0. The molecule has 0 fully saturated rings. The number of nitrogens with two attached hydrogens (primary N) is 1. The van der Waals surface area contributed by atoms with Gasteiger partial charge in [0.1, 0.15) is 6.04 Å². The lowest BCUT2D eigenvalue weighted by molar-refractivity contribution is -0.141. The van der Waals surface area contributed by atoms with Gasteiger partial charge in [-0.15, -0.1) is 0 Å². The number of amides is 1. The molecule has 1 aromatic heterocycles. The average molecular weight is 223 g/mol. The van der Waals surface area contributed by atoms with Crippen molar-refractivity contribution in [2.75, 3.05) is 5.73 Å². The minimum Gasteiger partial charge on any atom is -0.480 e. The summed E-state index contributed by atoms with van der Waals surface area (Å²) in [6.07, 6.45) is 1.49. The van der Waals surface area contributed by atoms with Gasteiger partial charge in [-0.25, -0.2) is 0 Å². The summed E-state index contributed by atoms with van der Waals surface area (Å²) in [6, 6.07) is 2.36. The van der Waals surface area contributed by atoms with Crippen molar-refractivity contribution in [3.63, 3.8) is 0 Å². The van der Waals surface area contributed by atoms with Gasteiger partial charge >= 0.3 is 5.97 Å². The van der Waals surface area contributed by atoms with E-state index in [1.165, 1.54) is 13.1 Å². The van der Waals surface area contributed by atoms with Crippen molar-refractivity contribution in [3.05, 3.63) is 24.0 Å². The van der Waals surface area contributed by atoms with Crippen molar-refractivity contribution in [1.82, 2.24) is 10.3 Å². The molecule has 1 atom stereocenters. The lowest BCUT2D eigenvalue weighted by Gasteiger charge is -2.08. The van der Waals surface area contributed by atoms with Crippen LogP contribution in [-0.4, -0.2) is 28.0 Å². The zero-order valence-electron chi connectivity index (χ0n) is 8.80. The molecule has 0 bridgehead atoms. The zero-order valence-corrected chi connectivity index (χ0v) is 8.80. The minimum absolute atomic E-state index is 0.0396. The molecule has 1 amide bonds. The normalized spacial score (nSPS) is 11.8. The SMILES string of the molecule is C[C@H](NC(=O)Cc1ccc(N)cn1)C(=O)O. The number of nitrogens with zero attached hydrogens (tertiary/aromatic N) is 1. The number of rotatable bonds is 4. The highest BCUT2D eigenvalue weighted by Crippen LogP contribution is 2.01. The molecule has 1 aromatic rings. The Morgan fingerprint density at radius 2 is 2.25 bits per heavy atom. The number of carboxylic acids is 1. The first kappa shape index (κ1) is 12.0. The Hall–Kier alpha value is -2.11. The van der Waals surface area contributed by atoms with Gasteiger partial charge in [0.05, 0.1) is 18.3 Å². The third-order valence-electron chi connectivity index (χ3n) is 1.94. The van der Waals surface area contributed by atoms with Crippen molar-refractivity contribution in [1.29, 1.82) is 0 Å². The molecule has 4 N–H and O–H groups in total. The summed E-state index contributed by atoms with van der Waals surface area (Å²) < 4.78 is 0. The highest BCUT2D eigenvalue weighted by molar-refractivity contribution is 5.84. The van der Waals surface area contributed by atoms with Crippen LogP contribution < -0.4 is 11.1 Å². The van der Waals surface area contributed by atoms with E-state index < -0.39 is 12.0 Å². The van der Waals surface area contributed by atoms with Gasteiger partial charge < -0.3 is 16.2 Å². The molecule has 0 spiro atoms. The summed E-state index contributed by atoms with van der Waals surface area (Å²) in [5, 5.41) is 10.9. The average Bonchev–Trinajstić information content (AvgIpc) is 2.21. The molecule has 86 valence electrons. The number of carboxylic acid groups (broad SMARTS) is 1. The van der Waals surface area contributed by atoms with Crippen LogP contribution in [0.15, 0.2) is 18.3 Å². The van der Waals surface area contributed by atoms with Crippen molar-refractivity contribution < 1.29 is 14.7 Å². The van der Waals surface area contributed by atoms with E-state index in [2.05, 4.69) is 10.3 Å². The second kappa shape index (κ2) is 5.11. The Kier molecular flexibility index (Phi) is 3.82. The van der Waals surface area contributed by atoms with Gasteiger partial charge in [-0.05, 0) is 19.1 Å². The lowest BCUT2D eigenvalue weighted by Crippen LogP contribution is -2.39. The van der Waals surface area contributed by atoms with E-state index in [9.17, 15) is 9.59 Å². The van der Waals surface area contributed by atoms with Gasteiger partial charge in [0, 0.05) is 5.69 Å². The van der Waals surface area contributed by atoms with E-state index in [4.69, 9.17) is 10.8 Å². The van der Waals surface area contributed by atoms with Crippen LogP contribution in [0.4, 0.5) is 5.69 Å². The summed E-state index contributed by atoms with van der Waals surface area (Å²) >= 11 is 0. The number of aliphatic carboxylic acids is 1. The fraction of sp³-hybridized carbons (Fsp3) is 0.300. The number of aromatic nitrogens is 1. The minimum atomic E-state index is -1.07. The standard InChI is InChI=1S/C10H13N3O3/c1-6(10(15)16)13-9(14)4-8-3-2-7(11)5-12-8/h2-3,5-6H,4,11H2,1H3,(H,13,14)(H,15,16)/t6-/m0/s1. The van der Waals surface area contributed by atoms with Crippen LogP contribution in [0.3, 0.4) is 0 Å². The third-order valence-corrected chi connectivity index (χ3v) is 1.94. The zero-order chi connectivity index (χ0) is 12.1. The summed E-state index contributed by atoms with van der Waals surface area (Å²) in [4.78, 5) is 25.8. The summed E-state index contributed by atoms with van der Waals surface area (Å²) in [6.45, 7) is 1.40. The maximum absolute atomic E-state index is 11.4. The summed E-state index contributed by atoms with van der Waals surface area (Å²) in [5.41, 5.74) is 6.50. The van der Waals surface area contributed by atoms with Crippen LogP contribution in [0.2, 0.25) is 0 Å². The fourth-order valence-corrected chi connectivity index (χ4v) is 1.06. The second-order valence-corrected chi connectivity index (χ2v) is 3.39. The van der Waals surface area contributed by atoms with Gasteiger partial charge in [-0.2, -0.15) is 0 Å². The first-order valence-corrected chi connectivity index (χ1v) is 4.71. The fourth-order valence-electron chi connectivity index (χ4n) is 1.06. The highest BCUT2D eigenvalue weighted by Gasteiger charge is 2.14. The molecule has 0 radical (unpaired) electrons. The van der Waals surface area contributed by atoms with E-state index in [1.807, 2.05) is 0 Å².